The number of ether oxygens (including phenoxy) is 1. The number of nitrogens with two attached hydrogens (primary N) is 1. The van der Waals surface area contributed by atoms with E-state index in [4.69, 9.17) is 10.5 Å². The SMILES string of the molecule is CCNS(=O)(=O)c1ccc(N)c(Oc2ccc(C)nc2)c1. The minimum Gasteiger partial charge on any atom is -0.454 e. The van der Waals surface area contributed by atoms with Crippen molar-refractivity contribution in [2.45, 2.75) is 18.7 Å². The number of benzene rings is 1. The zero-order valence-corrected chi connectivity index (χ0v) is 12.6. The highest BCUT2D eigenvalue weighted by atomic mass is 32.2. The molecule has 2 rings (SSSR count). The predicted molar refractivity (Wildman–Crippen MR) is 80.8 cm³/mol. The predicted octanol–water partition coefficient (Wildman–Crippen LogP) is 2.06. The molecular weight excluding hydrogens is 290 g/mol. The molecule has 0 spiro atoms. The average molecular weight is 307 g/mol. The number of anilines is 1. The van der Waals surface area contributed by atoms with E-state index in [9.17, 15) is 8.42 Å². The summed E-state index contributed by atoms with van der Waals surface area (Å²) in [5.74, 6) is 0.768. The topological polar surface area (TPSA) is 94.3 Å². The second kappa shape index (κ2) is 6.11. The van der Waals surface area contributed by atoms with Gasteiger partial charge in [-0.25, -0.2) is 13.1 Å². The van der Waals surface area contributed by atoms with Crippen molar-refractivity contribution < 1.29 is 13.2 Å². The fourth-order valence-electron chi connectivity index (χ4n) is 1.69. The molecule has 0 bridgehead atoms. The van der Waals surface area contributed by atoms with Crippen molar-refractivity contribution in [3.63, 3.8) is 0 Å². The number of nitrogen functional groups attached to an aromatic ring is 1. The maximum Gasteiger partial charge on any atom is 0.240 e. The van der Waals surface area contributed by atoms with Crippen LogP contribution >= 0.6 is 0 Å². The normalized spacial score (nSPS) is 11.3. The molecule has 0 saturated carbocycles. The lowest BCUT2D eigenvalue weighted by Crippen LogP contribution is -2.23. The van der Waals surface area contributed by atoms with E-state index in [1.165, 1.54) is 18.2 Å². The van der Waals surface area contributed by atoms with Crippen molar-refractivity contribution in [3.8, 4) is 11.5 Å². The molecule has 1 heterocycles. The summed E-state index contributed by atoms with van der Waals surface area (Å²) in [6, 6.07) is 7.87. The number of aryl methyl sites for hydroxylation is 1. The van der Waals surface area contributed by atoms with Gasteiger partial charge >= 0.3 is 0 Å². The van der Waals surface area contributed by atoms with E-state index in [-0.39, 0.29) is 10.6 Å². The van der Waals surface area contributed by atoms with Gasteiger partial charge in [0.25, 0.3) is 0 Å². The second-order valence-electron chi connectivity index (χ2n) is 4.44. The molecule has 21 heavy (non-hydrogen) atoms. The Bertz CT molecular complexity index is 728. The van der Waals surface area contributed by atoms with Crippen LogP contribution in [-0.4, -0.2) is 19.9 Å². The van der Waals surface area contributed by atoms with Gasteiger partial charge in [-0.2, -0.15) is 0 Å². The lowest BCUT2D eigenvalue weighted by molar-refractivity contribution is 0.480. The first-order chi connectivity index (χ1) is 9.92. The largest absolute Gasteiger partial charge is 0.454 e. The smallest absolute Gasteiger partial charge is 0.240 e. The number of aromatic nitrogens is 1. The van der Waals surface area contributed by atoms with Crippen LogP contribution in [0.5, 0.6) is 11.5 Å². The van der Waals surface area contributed by atoms with E-state index in [1.54, 1.807) is 25.3 Å². The molecule has 3 N–H and O–H groups in total. The Morgan fingerprint density at radius 3 is 2.67 bits per heavy atom. The maximum absolute atomic E-state index is 12.0. The molecule has 0 aliphatic heterocycles. The van der Waals surface area contributed by atoms with E-state index < -0.39 is 10.0 Å². The summed E-state index contributed by atoms with van der Waals surface area (Å²) in [5.41, 5.74) is 7.04. The van der Waals surface area contributed by atoms with Crippen molar-refractivity contribution in [1.82, 2.24) is 9.71 Å². The Morgan fingerprint density at radius 2 is 2.05 bits per heavy atom. The van der Waals surface area contributed by atoms with E-state index in [1.807, 2.05) is 6.92 Å². The minimum atomic E-state index is -3.55. The number of hydrogen-bond donors (Lipinski definition) is 2. The van der Waals surface area contributed by atoms with E-state index in [0.717, 1.165) is 5.69 Å². The quantitative estimate of drug-likeness (QED) is 0.825. The van der Waals surface area contributed by atoms with Gasteiger partial charge in [0.05, 0.1) is 16.8 Å². The van der Waals surface area contributed by atoms with Crippen molar-refractivity contribution in [1.29, 1.82) is 0 Å². The Morgan fingerprint density at radius 1 is 1.29 bits per heavy atom. The monoisotopic (exact) mass is 307 g/mol. The third-order valence-corrected chi connectivity index (χ3v) is 4.28. The molecule has 0 atom stereocenters. The Hall–Kier alpha value is -2.12. The molecule has 0 fully saturated rings. The molecule has 0 unspecified atom stereocenters. The molecule has 0 saturated heterocycles. The van der Waals surface area contributed by atoms with Crippen LogP contribution in [0.2, 0.25) is 0 Å². The van der Waals surface area contributed by atoms with Crippen molar-refractivity contribution in [2.24, 2.45) is 0 Å². The van der Waals surface area contributed by atoms with Gasteiger partial charge in [-0.05, 0) is 31.2 Å². The number of hydrogen-bond acceptors (Lipinski definition) is 5. The third-order valence-electron chi connectivity index (χ3n) is 2.74. The molecule has 7 heteroatoms. The van der Waals surface area contributed by atoms with Gasteiger partial charge < -0.3 is 10.5 Å². The summed E-state index contributed by atoms with van der Waals surface area (Å²) in [4.78, 5) is 4.21. The van der Waals surface area contributed by atoms with Crippen LogP contribution in [0.25, 0.3) is 0 Å². The molecule has 0 aliphatic rings. The average Bonchev–Trinajstić information content (AvgIpc) is 2.43. The molecule has 0 amide bonds. The first kappa shape index (κ1) is 15.3. The number of nitrogens with one attached hydrogen (secondary N) is 1. The highest BCUT2D eigenvalue weighted by Crippen LogP contribution is 2.29. The Balaban J connectivity index is 2.33. The van der Waals surface area contributed by atoms with Gasteiger partial charge in [0.15, 0.2) is 5.75 Å². The van der Waals surface area contributed by atoms with Crippen LogP contribution in [0, 0.1) is 6.92 Å². The maximum atomic E-state index is 12.0. The lowest BCUT2D eigenvalue weighted by Gasteiger charge is -2.11. The summed E-state index contributed by atoms with van der Waals surface area (Å²) >= 11 is 0. The van der Waals surface area contributed by atoms with Crippen LogP contribution in [-0.2, 0) is 10.0 Å². The number of rotatable bonds is 5. The number of sulfonamides is 1. The van der Waals surface area contributed by atoms with E-state index in [2.05, 4.69) is 9.71 Å². The van der Waals surface area contributed by atoms with Gasteiger partial charge in [0.1, 0.15) is 5.75 Å². The highest BCUT2D eigenvalue weighted by molar-refractivity contribution is 7.89. The summed E-state index contributed by atoms with van der Waals surface area (Å²) in [6.07, 6.45) is 1.56. The first-order valence-corrected chi connectivity index (χ1v) is 7.90. The first-order valence-electron chi connectivity index (χ1n) is 6.42. The summed E-state index contributed by atoms with van der Waals surface area (Å²) < 4.78 is 32.0. The Kier molecular flexibility index (Phi) is 4.44. The van der Waals surface area contributed by atoms with Crippen molar-refractivity contribution in [2.75, 3.05) is 12.3 Å². The van der Waals surface area contributed by atoms with Gasteiger partial charge in [0, 0.05) is 18.3 Å². The van der Waals surface area contributed by atoms with Crippen LogP contribution < -0.4 is 15.2 Å². The zero-order valence-electron chi connectivity index (χ0n) is 11.8. The molecule has 1 aromatic carbocycles. The van der Waals surface area contributed by atoms with E-state index in [0.29, 0.717) is 18.0 Å². The molecule has 1 aromatic heterocycles. The van der Waals surface area contributed by atoms with E-state index >= 15 is 0 Å². The van der Waals surface area contributed by atoms with Gasteiger partial charge in [-0.15, -0.1) is 0 Å². The van der Waals surface area contributed by atoms with Gasteiger partial charge in [-0.1, -0.05) is 6.92 Å². The van der Waals surface area contributed by atoms with Crippen molar-refractivity contribution >= 4 is 15.7 Å². The third kappa shape index (κ3) is 3.71. The molecule has 112 valence electrons. The molecule has 2 aromatic rings. The van der Waals surface area contributed by atoms with Crippen LogP contribution in [0.1, 0.15) is 12.6 Å². The summed E-state index contributed by atoms with van der Waals surface area (Å²) in [5, 5.41) is 0. The fourth-order valence-corrected chi connectivity index (χ4v) is 2.74. The number of pyridine rings is 1. The molecule has 0 aliphatic carbocycles. The highest BCUT2D eigenvalue weighted by Gasteiger charge is 2.15. The summed E-state index contributed by atoms with van der Waals surface area (Å²) in [7, 11) is -3.55. The Labute approximate surface area is 124 Å². The lowest BCUT2D eigenvalue weighted by atomic mass is 10.3. The second-order valence-corrected chi connectivity index (χ2v) is 6.21. The fraction of sp³-hybridized carbons (Fsp3) is 0.214. The molecule has 0 radical (unpaired) electrons. The standard InChI is InChI=1S/C14H17N3O3S/c1-3-17-21(18,19)12-6-7-13(15)14(8-12)20-11-5-4-10(2)16-9-11/h4-9,17H,3,15H2,1-2H3. The zero-order chi connectivity index (χ0) is 15.5. The minimum absolute atomic E-state index is 0.105. The molecular formula is C14H17N3O3S. The van der Waals surface area contributed by atoms with Crippen LogP contribution in [0.3, 0.4) is 0 Å². The molecule has 6 nitrogen and oxygen atoms in total. The number of nitrogens with zero attached hydrogens (tertiary/aromatic N) is 1. The van der Waals surface area contributed by atoms with Crippen LogP contribution in [0.15, 0.2) is 41.4 Å². The van der Waals surface area contributed by atoms with Crippen molar-refractivity contribution in [3.05, 3.63) is 42.2 Å². The van der Waals surface area contributed by atoms with Gasteiger partial charge in [-0.3, -0.25) is 4.98 Å². The van der Waals surface area contributed by atoms with Crippen LogP contribution in [0.4, 0.5) is 5.69 Å². The van der Waals surface area contributed by atoms with Gasteiger partial charge in [0.2, 0.25) is 10.0 Å². The summed E-state index contributed by atoms with van der Waals surface area (Å²) in [6.45, 7) is 3.89.